The fourth-order valence-electron chi connectivity index (χ4n) is 2.62. The first-order chi connectivity index (χ1) is 14.0. The van der Waals surface area contributed by atoms with E-state index in [0.29, 0.717) is 30.5 Å². The maximum Gasteiger partial charge on any atom is 0.434 e. The van der Waals surface area contributed by atoms with Gasteiger partial charge in [0.1, 0.15) is 0 Å². The van der Waals surface area contributed by atoms with E-state index in [4.69, 9.17) is 0 Å². The largest absolute Gasteiger partial charge is 0.434 e. The molecule has 0 saturated heterocycles. The minimum absolute atomic E-state index is 0.386. The number of nitrogens with zero attached hydrogens (tertiary/aromatic N) is 3. The number of hydrogen-bond donors (Lipinski definition) is 2. The van der Waals surface area contributed by atoms with Crippen molar-refractivity contribution in [1.82, 2.24) is 20.6 Å². The number of benzene rings is 1. The number of pyridine rings is 1. The summed E-state index contributed by atoms with van der Waals surface area (Å²) in [5.74, 6) is 0.570. The van der Waals surface area contributed by atoms with Crippen LogP contribution in [0, 0.1) is 0 Å². The summed E-state index contributed by atoms with van der Waals surface area (Å²) in [5.41, 5.74) is 2.15. The molecule has 0 fully saturated rings. The lowest BCUT2D eigenvalue weighted by molar-refractivity contribution is -0.140. The van der Waals surface area contributed by atoms with Crippen LogP contribution in [0.15, 0.2) is 59.0 Å². The van der Waals surface area contributed by atoms with Gasteiger partial charge in [0.05, 0.1) is 10.7 Å². The quantitative estimate of drug-likeness (QED) is 0.466. The van der Waals surface area contributed by atoms with Gasteiger partial charge >= 0.3 is 6.18 Å². The van der Waals surface area contributed by atoms with E-state index in [-0.39, 0.29) is 0 Å². The minimum atomic E-state index is -4.40. The molecule has 0 saturated carbocycles. The Kier molecular flexibility index (Phi) is 6.82. The molecule has 0 aliphatic heterocycles. The Balaban J connectivity index is 1.50. The number of aromatic nitrogens is 2. The number of nitrogens with one attached hydrogen (secondary N) is 2. The molecular formula is C20H20F3N5S. The number of hydrogen-bond acceptors (Lipinski definition) is 4. The van der Waals surface area contributed by atoms with Gasteiger partial charge in [-0.25, -0.2) is 4.98 Å². The molecule has 29 heavy (non-hydrogen) atoms. The Labute approximate surface area is 170 Å². The van der Waals surface area contributed by atoms with Crippen molar-refractivity contribution in [1.29, 1.82) is 0 Å². The van der Waals surface area contributed by atoms with Gasteiger partial charge in [-0.05, 0) is 23.8 Å². The van der Waals surface area contributed by atoms with Gasteiger partial charge in [-0.2, -0.15) is 13.2 Å². The first kappa shape index (κ1) is 20.8. The van der Waals surface area contributed by atoms with Crippen molar-refractivity contribution in [2.75, 3.05) is 13.6 Å². The summed E-state index contributed by atoms with van der Waals surface area (Å²) in [7, 11) is 1.64. The Morgan fingerprint density at radius 1 is 1.14 bits per heavy atom. The second-order valence-corrected chi connectivity index (χ2v) is 7.08. The fraction of sp³-hybridized carbons (Fsp3) is 0.250. The van der Waals surface area contributed by atoms with Crippen molar-refractivity contribution in [2.45, 2.75) is 19.1 Å². The van der Waals surface area contributed by atoms with Crippen LogP contribution >= 0.6 is 11.3 Å². The molecule has 0 radical (unpaired) electrons. The van der Waals surface area contributed by atoms with Crippen LogP contribution in [0.4, 0.5) is 13.2 Å². The molecule has 3 aromatic rings. The van der Waals surface area contributed by atoms with Crippen molar-refractivity contribution >= 4 is 17.3 Å². The first-order valence-corrected chi connectivity index (χ1v) is 9.80. The number of aliphatic imine (C=N–C) groups is 1. The number of rotatable bonds is 6. The Bertz CT molecular complexity index is 954. The van der Waals surface area contributed by atoms with Gasteiger partial charge in [-0.3, -0.25) is 9.98 Å². The standard InChI is InChI=1S/C20H20F3N5S/c1-24-19(26-10-8-18-28-17(13-29-18)20(21,22)23)27-12-14-5-4-6-15(11-14)16-7-2-3-9-25-16/h2-7,9,11,13H,8,10,12H2,1H3,(H2,24,26,27). The maximum atomic E-state index is 12.6. The van der Waals surface area contributed by atoms with E-state index in [1.807, 2.05) is 36.4 Å². The van der Waals surface area contributed by atoms with E-state index in [1.54, 1.807) is 13.2 Å². The van der Waals surface area contributed by atoms with Gasteiger partial charge in [0.15, 0.2) is 11.7 Å². The Morgan fingerprint density at radius 3 is 2.69 bits per heavy atom. The van der Waals surface area contributed by atoms with Gasteiger partial charge in [-0.1, -0.05) is 24.3 Å². The topological polar surface area (TPSA) is 62.2 Å². The summed E-state index contributed by atoms with van der Waals surface area (Å²) in [6.07, 6.45) is -2.26. The zero-order valence-corrected chi connectivity index (χ0v) is 16.5. The lowest BCUT2D eigenvalue weighted by atomic mass is 10.1. The molecule has 1 aromatic carbocycles. The summed E-state index contributed by atoms with van der Waals surface area (Å²) in [5, 5.41) is 7.77. The molecule has 5 nitrogen and oxygen atoms in total. The van der Waals surface area contributed by atoms with Crippen molar-refractivity contribution in [2.24, 2.45) is 4.99 Å². The van der Waals surface area contributed by atoms with Crippen molar-refractivity contribution < 1.29 is 13.2 Å². The minimum Gasteiger partial charge on any atom is -0.356 e. The highest BCUT2D eigenvalue weighted by atomic mass is 32.1. The molecule has 0 spiro atoms. The van der Waals surface area contributed by atoms with E-state index in [2.05, 4.69) is 31.7 Å². The van der Waals surface area contributed by atoms with Crippen LogP contribution in [0.3, 0.4) is 0 Å². The van der Waals surface area contributed by atoms with Crippen molar-refractivity contribution in [3.63, 3.8) is 0 Å². The zero-order valence-electron chi connectivity index (χ0n) is 15.7. The third-order valence-electron chi connectivity index (χ3n) is 4.04. The van der Waals surface area contributed by atoms with Gasteiger partial charge in [0, 0.05) is 43.7 Å². The van der Waals surface area contributed by atoms with E-state index in [9.17, 15) is 13.2 Å². The van der Waals surface area contributed by atoms with Gasteiger partial charge in [-0.15, -0.1) is 11.3 Å². The third-order valence-corrected chi connectivity index (χ3v) is 4.95. The molecule has 0 amide bonds. The summed E-state index contributed by atoms with van der Waals surface area (Å²) >= 11 is 1.01. The smallest absolute Gasteiger partial charge is 0.356 e. The predicted molar refractivity (Wildman–Crippen MR) is 109 cm³/mol. The molecule has 9 heteroatoms. The summed E-state index contributed by atoms with van der Waals surface area (Å²) in [6, 6.07) is 13.8. The van der Waals surface area contributed by atoms with Crippen LogP contribution in [0.1, 0.15) is 16.3 Å². The highest BCUT2D eigenvalue weighted by Gasteiger charge is 2.33. The van der Waals surface area contributed by atoms with Crippen LogP contribution < -0.4 is 10.6 Å². The zero-order chi connectivity index (χ0) is 20.7. The fourth-order valence-corrected chi connectivity index (χ4v) is 3.43. The highest BCUT2D eigenvalue weighted by molar-refractivity contribution is 7.09. The van der Waals surface area contributed by atoms with Crippen LogP contribution in [-0.4, -0.2) is 29.5 Å². The second kappa shape index (κ2) is 9.51. The van der Waals surface area contributed by atoms with E-state index in [1.165, 1.54) is 0 Å². The number of guanidine groups is 1. The van der Waals surface area contributed by atoms with Crippen LogP contribution in [0.2, 0.25) is 0 Å². The normalized spacial score (nSPS) is 12.1. The Morgan fingerprint density at radius 2 is 2.00 bits per heavy atom. The van der Waals surface area contributed by atoms with Crippen LogP contribution in [0.25, 0.3) is 11.3 Å². The number of thiazole rings is 1. The molecule has 0 bridgehead atoms. The van der Waals surface area contributed by atoms with Gasteiger partial charge in [0.25, 0.3) is 0 Å². The Hall–Kier alpha value is -2.94. The first-order valence-electron chi connectivity index (χ1n) is 8.92. The number of alkyl halides is 3. The average molecular weight is 419 g/mol. The highest BCUT2D eigenvalue weighted by Crippen LogP contribution is 2.30. The SMILES string of the molecule is CN=C(NCCc1nc(C(F)(F)F)cs1)NCc1cccc(-c2ccccn2)c1. The van der Waals surface area contributed by atoms with E-state index in [0.717, 1.165) is 33.5 Å². The maximum absolute atomic E-state index is 12.6. The molecule has 0 aliphatic carbocycles. The molecule has 3 rings (SSSR count). The summed E-state index contributed by atoms with van der Waals surface area (Å²) in [4.78, 5) is 12.1. The summed E-state index contributed by atoms with van der Waals surface area (Å²) < 4.78 is 37.8. The van der Waals surface area contributed by atoms with Crippen molar-refractivity contribution in [3.05, 3.63) is 70.3 Å². The molecular weight excluding hydrogens is 399 g/mol. The van der Waals surface area contributed by atoms with Gasteiger partial charge < -0.3 is 10.6 Å². The van der Waals surface area contributed by atoms with E-state index < -0.39 is 11.9 Å². The van der Waals surface area contributed by atoms with Gasteiger partial charge in [0.2, 0.25) is 0 Å². The molecule has 0 unspecified atom stereocenters. The monoisotopic (exact) mass is 419 g/mol. The third kappa shape index (κ3) is 6.02. The van der Waals surface area contributed by atoms with E-state index >= 15 is 0 Å². The van der Waals surface area contributed by atoms with Crippen LogP contribution in [-0.2, 0) is 19.1 Å². The average Bonchev–Trinajstić information content (AvgIpc) is 3.21. The summed E-state index contributed by atoms with van der Waals surface area (Å²) in [6.45, 7) is 0.980. The molecule has 0 aliphatic rings. The molecule has 152 valence electrons. The molecule has 2 N–H and O–H groups in total. The lowest BCUT2D eigenvalue weighted by Gasteiger charge is -2.12. The van der Waals surface area contributed by atoms with Crippen molar-refractivity contribution in [3.8, 4) is 11.3 Å². The number of halogens is 3. The molecule has 2 heterocycles. The second-order valence-electron chi connectivity index (χ2n) is 6.14. The lowest BCUT2D eigenvalue weighted by Crippen LogP contribution is -2.37. The molecule has 0 atom stereocenters. The van der Waals surface area contributed by atoms with Crippen LogP contribution in [0.5, 0.6) is 0 Å². The molecule has 2 aromatic heterocycles. The predicted octanol–water partition coefficient (Wildman–Crippen LogP) is 4.13.